The molecule has 1 aromatic carbocycles. The van der Waals surface area contributed by atoms with Crippen LogP contribution in [-0.4, -0.2) is 22.2 Å². The summed E-state index contributed by atoms with van der Waals surface area (Å²) >= 11 is 1.22. The number of hydrogen-bond acceptors (Lipinski definition) is 3. The van der Waals surface area contributed by atoms with Gasteiger partial charge in [-0.3, -0.25) is 9.59 Å². The predicted octanol–water partition coefficient (Wildman–Crippen LogP) is 2.85. The lowest BCUT2D eigenvalue weighted by Gasteiger charge is -2.13. The molecule has 0 saturated heterocycles. The van der Waals surface area contributed by atoms with Crippen LogP contribution in [0.5, 0.6) is 0 Å². The van der Waals surface area contributed by atoms with Gasteiger partial charge in [0.25, 0.3) is 0 Å². The van der Waals surface area contributed by atoms with Crippen molar-refractivity contribution in [1.29, 1.82) is 0 Å². The zero-order valence-electron chi connectivity index (χ0n) is 10.6. The first-order valence-electron chi connectivity index (χ1n) is 5.71. The van der Waals surface area contributed by atoms with E-state index in [1.807, 2.05) is 26.0 Å². The number of benzene rings is 1. The van der Waals surface area contributed by atoms with E-state index in [4.69, 9.17) is 5.11 Å². The van der Waals surface area contributed by atoms with E-state index in [1.165, 1.54) is 11.8 Å². The second-order valence-corrected chi connectivity index (χ2v) is 5.62. The lowest BCUT2D eigenvalue weighted by atomic mass is 10.2. The molecule has 18 heavy (non-hydrogen) atoms. The smallest absolute Gasteiger partial charge is 0.316 e. The number of rotatable bonds is 5. The van der Waals surface area contributed by atoms with Gasteiger partial charge < -0.3 is 10.4 Å². The first kappa shape index (κ1) is 14.6. The van der Waals surface area contributed by atoms with Gasteiger partial charge in [-0.25, -0.2) is 0 Å². The Labute approximate surface area is 111 Å². The zero-order valence-corrected chi connectivity index (χ0v) is 11.5. The van der Waals surface area contributed by atoms with Crippen LogP contribution in [0.2, 0.25) is 0 Å². The molecule has 0 saturated carbocycles. The van der Waals surface area contributed by atoms with Crippen LogP contribution in [0.25, 0.3) is 0 Å². The number of para-hydroxylation sites is 1. The fourth-order valence-electron chi connectivity index (χ4n) is 1.19. The molecule has 0 aliphatic heterocycles. The Morgan fingerprint density at radius 3 is 2.39 bits per heavy atom. The van der Waals surface area contributed by atoms with Crippen molar-refractivity contribution < 1.29 is 14.7 Å². The maximum Gasteiger partial charge on any atom is 0.316 e. The highest BCUT2D eigenvalue weighted by molar-refractivity contribution is 8.00. The Kier molecular flexibility index (Phi) is 5.22. The minimum atomic E-state index is -0.870. The molecule has 1 aromatic rings. The fourth-order valence-corrected chi connectivity index (χ4v) is 2.08. The van der Waals surface area contributed by atoms with Crippen LogP contribution in [0.1, 0.15) is 20.8 Å². The van der Waals surface area contributed by atoms with E-state index in [2.05, 4.69) is 5.32 Å². The Hall–Kier alpha value is -1.49. The van der Waals surface area contributed by atoms with Gasteiger partial charge in [0.15, 0.2) is 0 Å². The standard InChI is InChI=1S/C13H17NO3S/c1-8(2)12(15)14-10-6-4-5-7-11(10)18-9(3)13(16)17/h4-9H,1-3H3,(H,14,15)(H,16,17)/t9-/m0/s1. The first-order chi connectivity index (χ1) is 8.41. The number of hydrogen-bond donors (Lipinski definition) is 2. The molecule has 98 valence electrons. The van der Waals surface area contributed by atoms with Crippen molar-refractivity contribution in [3.8, 4) is 0 Å². The van der Waals surface area contributed by atoms with Gasteiger partial charge in [-0.1, -0.05) is 26.0 Å². The lowest BCUT2D eigenvalue weighted by Crippen LogP contribution is -2.18. The molecular formula is C13H17NO3S. The Bertz CT molecular complexity index is 446. The summed E-state index contributed by atoms with van der Waals surface area (Å²) < 4.78 is 0. The Morgan fingerprint density at radius 1 is 1.22 bits per heavy atom. The first-order valence-corrected chi connectivity index (χ1v) is 6.59. The summed E-state index contributed by atoms with van der Waals surface area (Å²) in [6.07, 6.45) is 0. The van der Waals surface area contributed by atoms with E-state index < -0.39 is 11.2 Å². The van der Waals surface area contributed by atoms with Crippen LogP contribution < -0.4 is 5.32 Å². The van der Waals surface area contributed by atoms with Gasteiger partial charge in [-0.05, 0) is 19.1 Å². The molecule has 0 heterocycles. The highest BCUT2D eigenvalue weighted by Crippen LogP contribution is 2.30. The molecule has 0 aliphatic rings. The molecule has 5 heteroatoms. The quantitative estimate of drug-likeness (QED) is 0.805. The average molecular weight is 267 g/mol. The van der Waals surface area contributed by atoms with Gasteiger partial charge in [0.05, 0.1) is 5.69 Å². The number of amides is 1. The molecule has 0 unspecified atom stereocenters. The molecule has 0 spiro atoms. The molecule has 0 aromatic heterocycles. The molecule has 0 aliphatic carbocycles. The summed E-state index contributed by atoms with van der Waals surface area (Å²) in [5.41, 5.74) is 0.661. The second-order valence-electron chi connectivity index (χ2n) is 4.24. The molecule has 0 fully saturated rings. The normalized spacial score (nSPS) is 12.2. The predicted molar refractivity (Wildman–Crippen MR) is 72.9 cm³/mol. The van der Waals surface area contributed by atoms with E-state index >= 15 is 0 Å². The molecule has 0 radical (unpaired) electrons. The highest BCUT2D eigenvalue weighted by Gasteiger charge is 2.16. The molecule has 2 N–H and O–H groups in total. The zero-order chi connectivity index (χ0) is 13.7. The number of carboxylic acids is 1. The van der Waals surface area contributed by atoms with Crippen molar-refractivity contribution in [3.63, 3.8) is 0 Å². The SMILES string of the molecule is CC(C)C(=O)Nc1ccccc1S[C@@H](C)C(=O)O. The highest BCUT2D eigenvalue weighted by atomic mass is 32.2. The monoisotopic (exact) mass is 267 g/mol. The van der Waals surface area contributed by atoms with E-state index in [9.17, 15) is 9.59 Å². The summed E-state index contributed by atoms with van der Waals surface area (Å²) in [5.74, 6) is -1.06. The number of carbonyl (C=O) groups is 2. The summed E-state index contributed by atoms with van der Waals surface area (Å²) in [7, 11) is 0. The van der Waals surface area contributed by atoms with E-state index in [1.54, 1.807) is 19.1 Å². The van der Waals surface area contributed by atoms with Gasteiger partial charge in [-0.2, -0.15) is 0 Å². The number of anilines is 1. The van der Waals surface area contributed by atoms with E-state index in [-0.39, 0.29) is 11.8 Å². The van der Waals surface area contributed by atoms with Crippen LogP contribution in [0.15, 0.2) is 29.2 Å². The minimum absolute atomic E-state index is 0.0778. The van der Waals surface area contributed by atoms with Gasteiger partial charge >= 0.3 is 5.97 Å². The van der Waals surface area contributed by atoms with Crippen LogP contribution in [0.3, 0.4) is 0 Å². The third-order valence-electron chi connectivity index (χ3n) is 2.32. The third kappa shape index (κ3) is 4.07. The number of nitrogens with one attached hydrogen (secondary N) is 1. The fraction of sp³-hybridized carbons (Fsp3) is 0.385. The van der Waals surface area contributed by atoms with Crippen molar-refractivity contribution in [2.24, 2.45) is 5.92 Å². The van der Waals surface area contributed by atoms with Crippen LogP contribution >= 0.6 is 11.8 Å². The van der Waals surface area contributed by atoms with Gasteiger partial charge in [0, 0.05) is 10.8 Å². The Morgan fingerprint density at radius 2 is 1.83 bits per heavy atom. The van der Waals surface area contributed by atoms with Gasteiger partial charge in [0.1, 0.15) is 5.25 Å². The topological polar surface area (TPSA) is 66.4 Å². The van der Waals surface area contributed by atoms with Crippen LogP contribution in [0.4, 0.5) is 5.69 Å². The molecule has 1 rings (SSSR count). The van der Waals surface area contributed by atoms with E-state index in [0.717, 1.165) is 4.90 Å². The number of thioether (sulfide) groups is 1. The number of carboxylic acid groups (broad SMARTS) is 1. The molecule has 1 atom stereocenters. The molecule has 0 bridgehead atoms. The van der Waals surface area contributed by atoms with Crippen molar-refractivity contribution in [1.82, 2.24) is 0 Å². The van der Waals surface area contributed by atoms with Crippen LogP contribution in [-0.2, 0) is 9.59 Å². The second kappa shape index (κ2) is 6.44. The largest absolute Gasteiger partial charge is 0.480 e. The summed E-state index contributed by atoms with van der Waals surface area (Å²) in [4.78, 5) is 23.2. The van der Waals surface area contributed by atoms with Gasteiger partial charge in [0.2, 0.25) is 5.91 Å². The lowest BCUT2D eigenvalue weighted by molar-refractivity contribution is -0.136. The van der Waals surface area contributed by atoms with Crippen molar-refractivity contribution >= 4 is 29.3 Å². The Balaban J connectivity index is 2.86. The molecule has 4 nitrogen and oxygen atoms in total. The maximum atomic E-state index is 11.6. The van der Waals surface area contributed by atoms with Crippen molar-refractivity contribution in [3.05, 3.63) is 24.3 Å². The molecular weight excluding hydrogens is 250 g/mol. The minimum Gasteiger partial charge on any atom is -0.480 e. The summed E-state index contributed by atoms with van der Waals surface area (Å²) in [6.45, 7) is 5.24. The van der Waals surface area contributed by atoms with E-state index in [0.29, 0.717) is 5.69 Å². The van der Waals surface area contributed by atoms with Crippen molar-refractivity contribution in [2.45, 2.75) is 30.9 Å². The summed E-state index contributed by atoms with van der Waals surface area (Å²) in [6, 6.07) is 7.21. The van der Waals surface area contributed by atoms with Crippen LogP contribution in [0, 0.1) is 5.92 Å². The average Bonchev–Trinajstić information content (AvgIpc) is 2.31. The number of carbonyl (C=O) groups excluding carboxylic acids is 1. The van der Waals surface area contributed by atoms with Crippen molar-refractivity contribution in [2.75, 3.05) is 5.32 Å². The maximum absolute atomic E-state index is 11.6. The third-order valence-corrected chi connectivity index (χ3v) is 3.49. The number of aliphatic carboxylic acids is 1. The van der Waals surface area contributed by atoms with Gasteiger partial charge in [-0.15, -0.1) is 11.8 Å². The summed E-state index contributed by atoms with van der Waals surface area (Å²) in [5, 5.41) is 11.1. The molecule has 1 amide bonds.